The van der Waals surface area contributed by atoms with Crippen LogP contribution in [-0.4, -0.2) is 29.1 Å². The molecule has 112 valence electrons. The van der Waals surface area contributed by atoms with E-state index in [1.807, 2.05) is 36.4 Å². The average molecular weight is 313 g/mol. The number of sulfone groups is 1. The fourth-order valence-electron chi connectivity index (χ4n) is 2.16. The highest BCUT2D eigenvalue weighted by atomic mass is 32.2. The highest BCUT2D eigenvalue weighted by Crippen LogP contribution is 2.30. The van der Waals surface area contributed by atoms with Crippen LogP contribution in [0.1, 0.15) is 6.92 Å². The van der Waals surface area contributed by atoms with Gasteiger partial charge in [0.2, 0.25) is 15.0 Å². The number of hydrogen-bond donors (Lipinski definition) is 1. The lowest BCUT2D eigenvalue weighted by Crippen LogP contribution is -2.05. The summed E-state index contributed by atoms with van der Waals surface area (Å²) < 4.78 is 24.2. The number of benzene rings is 1. The third-order valence-electron chi connectivity index (χ3n) is 3.35. The molecule has 0 aliphatic heterocycles. The quantitative estimate of drug-likeness (QED) is 0.803. The molecule has 2 heterocycles. The van der Waals surface area contributed by atoms with Gasteiger partial charge in [-0.1, -0.05) is 37.3 Å². The van der Waals surface area contributed by atoms with E-state index >= 15 is 0 Å². The normalized spacial score (nSPS) is 11.5. The second-order valence-corrected chi connectivity index (χ2v) is 6.97. The van der Waals surface area contributed by atoms with Gasteiger partial charge in [-0.15, -0.1) is 0 Å². The molecule has 22 heavy (non-hydrogen) atoms. The van der Waals surface area contributed by atoms with Crippen molar-refractivity contribution in [2.24, 2.45) is 0 Å². The number of aromatic nitrogens is 3. The zero-order valence-corrected chi connectivity index (χ0v) is 12.8. The Kier molecular flexibility index (Phi) is 3.77. The van der Waals surface area contributed by atoms with Crippen LogP contribution in [0.5, 0.6) is 0 Å². The monoisotopic (exact) mass is 313 g/mol. The molecule has 0 aliphatic carbocycles. The molecule has 0 saturated carbocycles. The second kappa shape index (κ2) is 5.73. The molecule has 2 aromatic heterocycles. The van der Waals surface area contributed by atoms with Crippen LogP contribution in [0.3, 0.4) is 0 Å². The van der Waals surface area contributed by atoms with Gasteiger partial charge < -0.3 is 4.98 Å². The molecular formula is C16H15N3O2S. The van der Waals surface area contributed by atoms with Crippen LogP contribution in [0.2, 0.25) is 0 Å². The van der Waals surface area contributed by atoms with Crippen molar-refractivity contribution in [3.8, 4) is 22.5 Å². The summed E-state index contributed by atoms with van der Waals surface area (Å²) in [5.74, 6) is 0.00121. The van der Waals surface area contributed by atoms with Crippen molar-refractivity contribution in [2.45, 2.75) is 12.1 Å². The minimum absolute atomic E-state index is 0.00121. The third-order valence-corrected chi connectivity index (χ3v) is 4.90. The molecule has 3 aromatic rings. The molecule has 0 saturated heterocycles. The van der Waals surface area contributed by atoms with Crippen LogP contribution in [0.25, 0.3) is 22.5 Å². The molecule has 0 aliphatic rings. The zero-order chi connectivity index (χ0) is 15.6. The fourth-order valence-corrected chi connectivity index (χ4v) is 2.92. The van der Waals surface area contributed by atoms with Crippen LogP contribution in [0.4, 0.5) is 0 Å². The Morgan fingerprint density at radius 2 is 1.77 bits per heavy atom. The smallest absolute Gasteiger partial charge is 0.226 e. The molecule has 0 fully saturated rings. The van der Waals surface area contributed by atoms with Crippen molar-refractivity contribution in [1.29, 1.82) is 0 Å². The number of imidazole rings is 1. The predicted molar refractivity (Wildman–Crippen MR) is 85.0 cm³/mol. The van der Waals surface area contributed by atoms with Crippen molar-refractivity contribution >= 4 is 9.84 Å². The van der Waals surface area contributed by atoms with Gasteiger partial charge in [-0.05, 0) is 12.1 Å². The Morgan fingerprint density at radius 3 is 2.41 bits per heavy atom. The highest BCUT2D eigenvalue weighted by Gasteiger charge is 2.21. The van der Waals surface area contributed by atoms with Crippen molar-refractivity contribution in [2.75, 3.05) is 5.75 Å². The second-order valence-electron chi connectivity index (χ2n) is 4.78. The van der Waals surface area contributed by atoms with E-state index in [1.54, 1.807) is 25.4 Å². The molecule has 0 atom stereocenters. The molecule has 0 radical (unpaired) electrons. The molecule has 0 unspecified atom stereocenters. The summed E-state index contributed by atoms with van der Waals surface area (Å²) >= 11 is 0. The summed E-state index contributed by atoms with van der Waals surface area (Å²) in [4.78, 5) is 11.4. The maximum absolute atomic E-state index is 12.1. The first-order valence-electron chi connectivity index (χ1n) is 6.90. The van der Waals surface area contributed by atoms with Gasteiger partial charge in [-0.25, -0.2) is 13.4 Å². The van der Waals surface area contributed by atoms with E-state index in [0.717, 1.165) is 11.1 Å². The number of nitrogens with one attached hydrogen (secondary N) is 1. The maximum Gasteiger partial charge on any atom is 0.226 e. The number of rotatable bonds is 4. The van der Waals surface area contributed by atoms with Gasteiger partial charge in [0.25, 0.3) is 0 Å². The SMILES string of the molecule is CCS(=O)(=O)c1nc(-c2cccnc2)c(-c2ccccc2)[nH]1. The lowest BCUT2D eigenvalue weighted by molar-refractivity contribution is 0.590. The molecule has 1 N–H and O–H groups in total. The Balaban J connectivity index is 2.24. The van der Waals surface area contributed by atoms with E-state index in [2.05, 4.69) is 15.0 Å². The lowest BCUT2D eigenvalue weighted by Gasteiger charge is -2.02. The topological polar surface area (TPSA) is 75.7 Å². The Bertz CT molecular complexity index is 815. The first-order chi connectivity index (χ1) is 10.6. The molecule has 3 rings (SSSR count). The predicted octanol–water partition coefficient (Wildman–Crippen LogP) is 2.93. The Labute approximate surface area is 129 Å². The van der Waals surface area contributed by atoms with Crippen LogP contribution in [0.15, 0.2) is 60.0 Å². The van der Waals surface area contributed by atoms with Gasteiger partial charge in [0.1, 0.15) is 0 Å². The summed E-state index contributed by atoms with van der Waals surface area (Å²) in [7, 11) is -3.40. The van der Waals surface area contributed by atoms with E-state index in [9.17, 15) is 8.42 Å². The van der Waals surface area contributed by atoms with E-state index < -0.39 is 9.84 Å². The average Bonchev–Trinajstić information content (AvgIpc) is 3.02. The highest BCUT2D eigenvalue weighted by molar-refractivity contribution is 7.91. The first-order valence-corrected chi connectivity index (χ1v) is 8.55. The number of pyridine rings is 1. The molecule has 0 amide bonds. The molecule has 6 heteroatoms. The standard InChI is InChI=1S/C16H15N3O2S/c1-2-22(20,21)16-18-14(12-7-4-3-5-8-12)15(19-16)13-9-6-10-17-11-13/h3-11H,2H2,1H3,(H,18,19). The summed E-state index contributed by atoms with van der Waals surface area (Å²) in [5.41, 5.74) is 2.92. The molecule has 1 aromatic carbocycles. The number of H-pyrrole nitrogens is 1. The van der Waals surface area contributed by atoms with E-state index in [0.29, 0.717) is 11.4 Å². The van der Waals surface area contributed by atoms with Crippen molar-refractivity contribution < 1.29 is 8.42 Å². The summed E-state index contributed by atoms with van der Waals surface area (Å²) in [6, 6.07) is 13.2. The zero-order valence-electron chi connectivity index (χ0n) is 12.0. The molecular weight excluding hydrogens is 298 g/mol. The lowest BCUT2D eigenvalue weighted by atomic mass is 10.1. The summed E-state index contributed by atoms with van der Waals surface area (Å²) in [5, 5.41) is -0.00675. The van der Waals surface area contributed by atoms with Gasteiger partial charge >= 0.3 is 0 Å². The number of aromatic amines is 1. The van der Waals surface area contributed by atoms with Crippen LogP contribution in [0, 0.1) is 0 Å². The molecule has 5 nitrogen and oxygen atoms in total. The van der Waals surface area contributed by atoms with E-state index in [4.69, 9.17) is 0 Å². The van der Waals surface area contributed by atoms with Gasteiger partial charge in [0.15, 0.2) is 0 Å². The minimum Gasteiger partial charge on any atom is -0.328 e. The summed E-state index contributed by atoms with van der Waals surface area (Å²) in [6.07, 6.45) is 3.34. The van der Waals surface area contributed by atoms with Crippen LogP contribution >= 0.6 is 0 Å². The van der Waals surface area contributed by atoms with E-state index in [1.165, 1.54) is 0 Å². The number of hydrogen-bond acceptors (Lipinski definition) is 4. The van der Waals surface area contributed by atoms with Gasteiger partial charge in [-0.3, -0.25) is 4.98 Å². The number of nitrogens with zero attached hydrogens (tertiary/aromatic N) is 2. The van der Waals surface area contributed by atoms with E-state index in [-0.39, 0.29) is 10.9 Å². The van der Waals surface area contributed by atoms with Crippen molar-refractivity contribution in [1.82, 2.24) is 15.0 Å². The minimum atomic E-state index is -3.40. The largest absolute Gasteiger partial charge is 0.328 e. The van der Waals surface area contributed by atoms with Gasteiger partial charge in [-0.2, -0.15) is 0 Å². The van der Waals surface area contributed by atoms with Crippen LogP contribution in [-0.2, 0) is 9.84 Å². The Hall–Kier alpha value is -2.47. The van der Waals surface area contributed by atoms with Gasteiger partial charge in [0.05, 0.1) is 17.1 Å². The van der Waals surface area contributed by atoms with Gasteiger partial charge in [0, 0.05) is 23.5 Å². The molecule has 0 bridgehead atoms. The first kappa shape index (κ1) is 14.5. The fraction of sp³-hybridized carbons (Fsp3) is 0.125. The van der Waals surface area contributed by atoms with Crippen LogP contribution < -0.4 is 0 Å². The summed E-state index contributed by atoms with van der Waals surface area (Å²) in [6.45, 7) is 1.60. The van der Waals surface area contributed by atoms with Crippen molar-refractivity contribution in [3.05, 3.63) is 54.9 Å². The third kappa shape index (κ3) is 2.65. The maximum atomic E-state index is 12.1. The Morgan fingerprint density at radius 1 is 1.05 bits per heavy atom. The van der Waals surface area contributed by atoms with Crippen molar-refractivity contribution in [3.63, 3.8) is 0 Å². The molecule has 0 spiro atoms.